The molecule has 0 saturated carbocycles. The second-order valence-corrected chi connectivity index (χ2v) is 5.87. The second kappa shape index (κ2) is 6.53. The molecule has 2 heterocycles. The Morgan fingerprint density at radius 3 is 2.69 bits per heavy atom. The Kier molecular flexibility index (Phi) is 4.53. The van der Waals surface area contributed by atoms with E-state index in [0.717, 1.165) is 12.1 Å². The number of amides is 1. The largest absolute Gasteiger partial charge is 0.493 e. The number of anilines is 1. The first-order valence-electron chi connectivity index (χ1n) is 7.42. The lowest BCUT2D eigenvalue weighted by Crippen LogP contribution is -2.16. The molecule has 0 aliphatic rings. The average molecular weight is 384 g/mol. The lowest BCUT2D eigenvalue weighted by molar-refractivity contribution is -0.137. The quantitative estimate of drug-likeness (QED) is 0.720. The van der Waals surface area contributed by atoms with Crippen LogP contribution in [0.1, 0.15) is 21.7 Å². The number of aromatic nitrogens is 2. The fourth-order valence-corrected chi connectivity index (χ4v) is 2.82. The summed E-state index contributed by atoms with van der Waals surface area (Å²) in [6, 6.07) is 6.55. The zero-order valence-corrected chi connectivity index (χ0v) is 14.4. The van der Waals surface area contributed by atoms with Gasteiger partial charge in [0.05, 0.1) is 23.4 Å². The molecule has 3 aromatic rings. The summed E-state index contributed by atoms with van der Waals surface area (Å²) >= 11 is 5.59. The molecular formula is C17H13ClF3N3O2. The summed E-state index contributed by atoms with van der Waals surface area (Å²) in [5, 5.41) is 2.02. The maximum atomic E-state index is 13.0. The molecule has 0 radical (unpaired) electrons. The topological polar surface area (TPSA) is 55.6 Å². The molecule has 0 fully saturated rings. The number of ether oxygens (including phenoxy) is 1. The van der Waals surface area contributed by atoms with Gasteiger partial charge in [0, 0.05) is 11.9 Å². The van der Waals surface area contributed by atoms with Gasteiger partial charge in [-0.1, -0.05) is 11.6 Å². The van der Waals surface area contributed by atoms with Crippen molar-refractivity contribution in [2.24, 2.45) is 0 Å². The number of imidazole rings is 1. The Morgan fingerprint density at radius 2 is 2.04 bits per heavy atom. The lowest BCUT2D eigenvalue weighted by Gasteiger charge is -2.12. The van der Waals surface area contributed by atoms with E-state index in [4.69, 9.17) is 16.3 Å². The summed E-state index contributed by atoms with van der Waals surface area (Å²) in [4.78, 5) is 16.9. The maximum Gasteiger partial charge on any atom is 0.417 e. The minimum absolute atomic E-state index is 0.0241. The molecule has 26 heavy (non-hydrogen) atoms. The fraction of sp³-hybridized carbons (Fsp3) is 0.176. The molecule has 0 spiro atoms. The molecule has 0 atom stereocenters. The number of rotatable bonds is 3. The summed E-state index contributed by atoms with van der Waals surface area (Å²) in [5.41, 5.74) is 0.00150. The number of methoxy groups -OCH3 is 1. The van der Waals surface area contributed by atoms with Gasteiger partial charge in [-0.2, -0.15) is 13.2 Å². The highest BCUT2D eigenvalue weighted by molar-refractivity contribution is 6.31. The molecule has 1 aromatic carbocycles. The summed E-state index contributed by atoms with van der Waals surface area (Å²) < 4.78 is 45.6. The number of benzene rings is 1. The highest BCUT2D eigenvalue weighted by atomic mass is 35.5. The Morgan fingerprint density at radius 1 is 1.31 bits per heavy atom. The Balaban J connectivity index is 1.99. The first kappa shape index (κ1) is 18.1. The molecule has 1 amide bonds. The standard InChI is InChI=1S/C17H13ClF3N3O2/c1-9-14(24-7-3-4-13(26-2)15(24)22-9)16(25)23-10-5-6-12(18)11(8-10)17(19,20)21/h3-8H,1-2H3,(H,23,25). The summed E-state index contributed by atoms with van der Waals surface area (Å²) in [5.74, 6) is -0.126. The van der Waals surface area contributed by atoms with Crippen molar-refractivity contribution in [2.75, 3.05) is 12.4 Å². The smallest absolute Gasteiger partial charge is 0.417 e. The number of carbonyl (C=O) groups is 1. The van der Waals surface area contributed by atoms with E-state index in [0.29, 0.717) is 17.1 Å². The molecule has 0 aliphatic carbocycles. The number of carbonyl (C=O) groups excluding carboxylic acids is 1. The van der Waals surface area contributed by atoms with Crippen LogP contribution < -0.4 is 10.1 Å². The van der Waals surface area contributed by atoms with Crippen LogP contribution in [0.25, 0.3) is 5.65 Å². The summed E-state index contributed by atoms with van der Waals surface area (Å²) in [6.07, 6.45) is -3.00. The Labute approximate surface area is 151 Å². The van der Waals surface area contributed by atoms with E-state index in [1.165, 1.54) is 17.6 Å². The molecule has 136 valence electrons. The molecule has 9 heteroatoms. The fourth-order valence-electron chi connectivity index (χ4n) is 2.60. The number of alkyl halides is 3. The van der Waals surface area contributed by atoms with Gasteiger partial charge < -0.3 is 10.1 Å². The van der Waals surface area contributed by atoms with Crippen molar-refractivity contribution in [3.8, 4) is 5.75 Å². The molecule has 0 saturated heterocycles. The summed E-state index contributed by atoms with van der Waals surface area (Å²) in [7, 11) is 1.48. The third-order valence-corrected chi connectivity index (χ3v) is 4.08. The van der Waals surface area contributed by atoms with E-state index in [-0.39, 0.29) is 11.4 Å². The highest BCUT2D eigenvalue weighted by Crippen LogP contribution is 2.36. The van der Waals surface area contributed by atoms with Gasteiger partial charge in [0.15, 0.2) is 11.4 Å². The SMILES string of the molecule is COc1cccn2c(C(=O)Nc3ccc(Cl)c(C(F)(F)F)c3)c(C)nc12. The van der Waals surface area contributed by atoms with Gasteiger partial charge in [-0.3, -0.25) is 9.20 Å². The van der Waals surface area contributed by atoms with Crippen LogP contribution in [0.3, 0.4) is 0 Å². The molecular weight excluding hydrogens is 371 g/mol. The minimum atomic E-state index is -4.62. The van der Waals surface area contributed by atoms with Crippen molar-refractivity contribution in [1.29, 1.82) is 0 Å². The molecule has 0 aliphatic heterocycles. The van der Waals surface area contributed by atoms with Crippen LogP contribution in [0.5, 0.6) is 5.75 Å². The van der Waals surface area contributed by atoms with Gasteiger partial charge in [-0.15, -0.1) is 0 Å². The van der Waals surface area contributed by atoms with Gasteiger partial charge in [0.2, 0.25) is 0 Å². The van der Waals surface area contributed by atoms with Crippen LogP contribution in [0.15, 0.2) is 36.5 Å². The monoisotopic (exact) mass is 383 g/mol. The number of aryl methyl sites for hydroxylation is 1. The predicted molar refractivity (Wildman–Crippen MR) is 90.9 cm³/mol. The zero-order valence-electron chi connectivity index (χ0n) is 13.7. The molecule has 0 unspecified atom stereocenters. The minimum Gasteiger partial charge on any atom is -0.493 e. The number of hydrogen-bond donors (Lipinski definition) is 1. The van der Waals surface area contributed by atoms with Gasteiger partial charge in [-0.25, -0.2) is 4.98 Å². The van der Waals surface area contributed by atoms with Gasteiger partial charge >= 0.3 is 6.18 Å². The van der Waals surface area contributed by atoms with Crippen molar-refractivity contribution in [3.05, 3.63) is 58.5 Å². The van der Waals surface area contributed by atoms with Crippen LogP contribution in [-0.2, 0) is 6.18 Å². The second-order valence-electron chi connectivity index (χ2n) is 5.46. The van der Waals surface area contributed by atoms with Crippen molar-refractivity contribution >= 4 is 28.8 Å². The number of nitrogens with one attached hydrogen (secondary N) is 1. The van der Waals surface area contributed by atoms with Gasteiger partial charge in [0.25, 0.3) is 5.91 Å². The first-order chi connectivity index (χ1) is 12.2. The van der Waals surface area contributed by atoms with E-state index in [1.54, 1.807) is 25.3 Å². The third kappa shape index (κ3) is 3.20. The molecule has 2 aromatic heterocycles. The maximum absolute atomic E-state index is 13.0. The third-order valence-electron chi connectivity index (χ3n) is 3.75. The molecule has 3 rings (SSSR count). The van der Waals surface area contributed by atoms with Crippen molar-refractivity contribution in [1.82, 2.24) is 9.38 Å². The number of halogens is 4. The number of hydrogen-bond acceptors (Lipinski definition) is 3. The van der Waals surface area contributed by atoms with E-state index in [2.05, 4.69) is 10.3 Å². The Bertz CT molecular complexity index is 999. The normalized spacial score (nSPS) is 11.6. The predicted octanol–water partition coefficient (Wildman–Crippen LogP) is 4.58. The van der Waals surface area contributed by atoms with E-state index < -0.39 is 22.7 Å². The number of nitrogens with zero attached hydrogens (tertiary/aromatic N) is 2. The average Bonchev–Trinajstić information content (AvgIpc) is 2.91. The molecule has 0 bridgehead atoms. The highest BCUT2D eigenvalue weighted by Gasteiger charge is 2.33. The molecule has 1 N–H and O–H groups in total. The van der Waals surface area contributed by atoms with Crippen LogP contribution in [-0.4, -0.2) is 22.4 Å². The summed E-state index contributed by atoms with van der Waals surface area (Å²) in [6.45, 7) is 1.63. The zero-order chi connectivity index (χ0) is 19.1. The number of pyridine rings is 1. The van der Waals surface area contributed by atoms with Crippen LogP contribution in [0.2, 0.25) is 5.02 Å². The van der Waals surface area contributed by atoms with E-state index in [1.807, 2.05) is 0 Å². The molecule has 5 nitrogen and oxygen atoms in total. The van der Waals surface area contributed by atoms with Crippen LogP contribution in [0.4, 0.5) is 18.9 Å². The van der Waals surface area contributed by atoms with Gasteiger partial charge in [0.1, 0.15) is 5.69 Å². The van der Waals surface area contributed by atoms with E-state index in [9.17, 15) is 18.0 Å². The lowest BCUT2D eigenvalue weighted by atomic mass is 10.2. The number of fused-ring (bicyclic) bond motifs is 1. The van der Waals surface area contributed by atoms with Crippen molar-refractivity contribution in [3.63, 3.8) is 0 Å². The van der Waals surface area contributed by atoms with Gasteiger partial charge in [-0.05, 0) is 37.3 Å². The van der Waals surface area contributed by atoms with Crippen LogP contribution >= 0.6 is 11.6 Å². The van der Waals surface area contributed by atoms with Crippen molar-refractivity contribution < 1.29 is 22.7 Å². The van der Waals surface area contributed by atoms with E-state index >= 15 is 0 Å². The van der Waals surface area contributed by atoms with Crippen LogP contribution in [0, 0.1) is 6.92 Å². The van der Waals surface area contributed by atoms with Crippen molar-refractivity contribution in [2.45, 2.75) is 13.1 Å². The first-order valence-corrected chi connectivity index (χ1v) is 7.80. The Hall–Kier alpha value is -2.74.